The van der Waals surface area contributed by atoms with Gasteiger partial charge in [-0.3, -0.25) is 0 Å². The summed E-state index contributed by atoms with van der Waals surface area (Å²) in [6, 6.07) is 0. The lowest BCUT2D eigenvalue weighted by Crippen LogP contribution is -2.56. The van der Waals surface area contributed by atoms with Crippen LogP contribution in [0.2, 0.25) is 0 Å². The van der Waals surface area contributed by atoms with E-state index in [1.54, 1.807) is 19.3 Å². The van der Waals surface area contributed by atoms with Gasteiger partial charge in [-0.15, -0.1) is 0 Å². The molecular weight excluding hydrogens is 120 g/mol. The average molecular weight is 138 g/mol. The first-order chi connectivity index (χ1) is 4.64. The summed E-state index contributed by atoms with van der Waals surface area (Å²) in [6.45, 7) is 7.18. The van der Waals surface area contributed by atoms with Crippen LogP contribution in [0.15, 0.2) is 0 Å². The van der Waals surface area contributed by atoms with Crippen LogP contribution in [0, 0.1) is 23.2 Å². The fraction of sp³-hybridized carbons (Fsp3) is 1.00. The summed E-state index contributed by atoms with van der Waals surface area (Å²) in [4.78, 5) is 0. The first-order valence-corrected chi connectivity index (χ1v) is 4.64. The third-order valence-corrected chi connectivity index (χ3v) is 4.05. The van der Waals surface area contributed by atoms with Gasteiger partial charge in [-0.25, -0.2) is 0 Å². The Labute approximate surface area is 64.0 Å². The molecule has 0 N–H and O–H groups in total. The molecule has 0 aliphatic heterocycles. The lowest BCUT2D eigenvalue weighted by molar-refractivity contribution is -0.157. The smallest absolute Gasteiger partial charge is 0.0261 e. The maximum atomic E-state index is 2.44. The molecule has 0 aromatic carbocycles. The van der Waals surface area contributed by atoms with Gasteiger partial charge in [0.25, 0.3) is 0 Å². The van der Waals surface area contributed by atoms with E-state index in [0.29, 0.717) is 0 Å². The second-order valence-corrected chi connectivity index (χ2v) is 4.87. The van der Waals surface area contributed by atoms with Crippen LogP contribution < -0.4 is 0 Å². The van der Waals surface area contributed by atoms with Crippen LogP contribution in [-0.4, -0.2) is 0 Å². The lowest BCUT2D eigenvalue weighted by atomic mass is 9.39. The highest BCUT2D eigenvalue weighted by Gasteiger charge is 2.59. The third kappa shape index (κ3) is 0.627. The van der Waals surface area contributed by atoms with Crippen molar-refractivity contribution in [1.82, 2.24) is 0 Å². The van der Waals surface area contributed by atoms with E-state index in [1.807, 2.05) is 0 Å². The summed E-state index contributed by atoms with van der Waals surface area (Å²) in [5.74, 6) is 3.04. The largest absolute Gasteiger partial charge is 0.0625 e. The van der Waals surface area contributed by atoms with Gasteiger partial charge in [0.2, 0.25) is 0 Å². The molecule has 10 heavy (non-hydrogen) atoms. The van der Waals surface area contributed by atoms with Crippen molar-refractivity contribution in [2.24, 2.45) is 23.2 Å². The van der Waals surface area contributed by atoms with Gasteiger partial charge in [0.05, 0.1) is 0 Å². The maximum absolute atomic E-state index is 2.44. The molecule has 2 bridgehead atoms. The summed E-state index contributed by atoms with van der Waals surface area (Å²) in [7, 11) is 0. The molecule has 0 aromatic rings. The summed E-state index contributed by atoms with van der Waals surface area (Å²) in [5, 5.41) is 0. The van der Waals surface area contributed by atoms with Crippen LogP contribution in [-0.2, 0) is 0 Å². The minimum absolute atomic E-state index is 0.846. The molecule has 0 heteroatoms. The van der Waals surface area contributed by atoms with Gasteiger partial charge in [0.15, 0.2) is 0 Å². The summed E-state index contributed by atoms with van der Waals surface area (Å²) in [5.41, 5.74) is 0.846. The van der Waals surface area contributed by atoms with Gasteiger partial charge >= 0.3 is 0 Å². The van der Waals surface area contributed by atoms with E-state index < -0.39 is 0 Å². The predicted octanol–water partition coefficient (Wildman–Crippen LogP) is 3.08. The standard InChI is InChI=1S/C10H18/c1-7(2)8(3)10-4-9(5-10)6-10/h7-9H,4-6H2,1-3H3/t8-,9?,10?/m0/s1. The van der Waals surface area contributed by atoms with Crippen molar-refractivity contribution < 1.29 is 0 Å². The summed E-state index contributed by atoms with van der Waals surface area (Å²) in [6.07, 6.45) is 4.69. The predicted molar refractivity (Wildman–Crippen MR) is 43.8 cm³/mol. The van der Waals surface area contributed by atoms with Crippen LogP contribution in [0.1, 0.15) is 40.0 Å². The van der Waals surface area contributed by atoms with Crippen molar-refractivity contribution in [3.63, 3.8) is 0 Å². The molecule has 3 rings (SSSR count). The Morgan fingerprint density at radius 2 is 1.60 bits per heavy atom. The van der Waals surface area contributed by atoms with Crippen LogP contribution in [0.3, 0.4) is 0 Å². The zero-order chi connectivity index (χ0) is 7.35. The molecule has 3 aliphatic rings. The van der Waals surface area contributed by atoms with Gasteiger partial charge in [0, 0.05) is 0 Å². The highest BCUT2D eigenvalue weighted by atomic mass is 14.6. The molecule has 0 radical (unpaired) electrons. The van der Waals surface area contributed by atoms with Gasteiger partial charge in [-0.1, -0.05) is 20.8 Å². The zero-order valence-electron chi connectivity index (χ0n) is 7.35. The highest BCUT2D eigenvalue weighted by Crippen LogP contribution is 2.69. The molecule has 0 amide bonds. The minimum Gasteiger partial charge on any atom is -0.0625 e. The molecule has 1 atom stereocenters. The van der Waals surface area contributed by atoms with E-state index in [4.69, 9.17) is 0 Å². The normalized spacial score (nSPS) is 46.2. The average Bonchev–Trinajstić information content (AvgIpc) is 1.56. The lowest BCUT2D eigenvalue weighted by Gasteiger charge is -2.66. The molecule has 3 saturated carbocycles. The Bertz CT molecular complexity index is 129. The Balaban J connectivity index is 1.98. The summed E-state index contributed by atoms with van der Waals surface area (Å²) < 4.78 is 0. The molecule has 0 unspecified atom stereocenters. The number of rotatable bonds is 2. The van der Waals surface area contributed by atoms with Crippen LogP contribution in [0.25, 0.3) is 0 Å². The quantitative estimate of drug-likeness (QED) is 0.550. The van der Waals surface area contributed by atoms with Crippen molar-refractivity contribution in [1.29, 1.82) is 0 Å². The Morgan fingerprint density at radius 3 is 1.70 bits per heavy atom. The molecule has 58 valence electrons. The van der Waals surface area contributed by atoms with Crippen molar-refractivity contribution >= 4 is 0 Å². The second-order valence-electron chi connectivity index (χ2n) is 4.87. The van der Waals surface area contributed by atoms with Gasteiger partial charge < -0.3 is 0 Å². The van der Waals surface area contributed by atoms with Crippen LogP contribution in [0.5, 0.6) is 0 Å². The van der Waals surface area contributed by atoms with Crippen molar-refractivity contribution in [2.75, 3.05) is 0 Å². The molecule has 0 nitrogen and oxygen atoms in total. The molecular formula is C10H18. The maximum Gasteiger partial charge on any atom is -0.0261 e. The summed E-state index contributed by atoms with van der Waals surface area (Å²) >= 11 is 0. The Morgan fingerprint density at radius 1 is 1.10 bits per heavy atom. The van der Waals surface area contributed by atoms with Gasteiger partial charge in [-0.2, -0.15) is 0 Å². The zero-order valence-corrected chi connectivity index (χ0v) is 7.35. The van der Waals surface area contributed by atoms with Crippen molar-refractivity contribution in [2.45, 2.75) is 40.0 Å². The van der Waals surface area contributed by atoms with E-state index in [2.05, 4.69) is 20.8 Å². The molecule has 0 spiro atoms. The van der Waals surface area contributed by atoms with Crippen molar-refractivity contribution in [3.8, 4) is 0 Å². The molecule has 3 aliphatic carbocycles. The van der Waals surface area contributed by atoms with E-state index in [9.17, 15) is 0 Å². The van der Waals surface area contributed by atoms with Gasteiger partial charge in [0.1, 0.15) is 0 Å². The fourth-order valence-corrected chi connectivity index (χ4v) is 2.81. The second kappa shape index (κ2) is 1.78. The molecule has 0 aromatic heterocycles. The van der Waals surface area contributed by atoms with Crippen LogP contribution >= 0.6 is 0 Å². The molecule has 0 heterocycles. The van der Waals surface area contributed by atoms with Crippen LogP contribution in [0.4, 0.5) is 0 Å². The molecule has 0 saturated heterocycles. The van der Waals surface area contributed by atoms with Gasteiger partial charge in [-0.05, 0) is 42.4 Å². The van der Waals surface area contributed by atoms with E-state index in [1.165, 1.54) is 0 Å². The minimum atomic E-state index is 0.846. The fourth-order valence-electron chi connectivity index (χ4n) is 2.81. The molecule has 3 fully saturated rings. The van der Waals surface area contributed by atoms with E-state index in [-0.39, 0.29) is 0 Å². The van der Waals surface area contributed by atoms with Crippen molar-refractivity contribution in [3.05, 3.63) is 0 Å². The third-order valence-electron chi connectivity index (χ3n) is 4.05. The Kier molecular flexibility index (Phi) is 1.19. The number of hydrogen-bond donors (Lipinski definition) is 0. The first kappa shape index (κ1) is 6.69. The Hall–Kier alpha value is 0. The number of hydrogen-bond acceptors (Lipinski definition) is 0. The topological polar surface area (TPSA) is 0 Å². The highest BCUT2D eigenvalue weighted by molar-refractivity contribution is 5.09. The van der Waals surface area contributed by atoms with E-state index >= 15 is 0 Å². The SMILES string of the molecule is CC(C)[C@H](C)C12CC(C1)C2. The van der Waals surface area contributed by atoms with E-state index in [0.717, 1.165) is 23.2 Å². The first-order valence-electron chi connectivity index (χ1n) is 4.64. The monoisotopic (exact) mass is 138 g/mol.